The summed E-state index contributed by atoms with van der Waals surface area (Å²) in [5.41, 5.74) is 5.19. The van der Waals surface area contributed by atoms with Crippen LogP contribution in [0.25, 0.3) is 22.0 Å². The number of para-hydroxylation sites is 1. The summed E-state index contributed by atoms with van der Waals surface area (Å²) >= 11 is 0. The van der Waals surface area contributed by atoms with Gasteiger partial charge in [0.25, 0.3) is 0 Å². The summed E-state index contributed by atoms with van der Waals surface area (Å²) in [7, 11) is 1.99. The molecule has 4 aromatic rings. The summed E-state index contributed by atoms with van der Waals surface area (Å²) < 4.78 is 5.97. The van der Waals surface area contributed by atoms with Crippen molar-refractivity contribution in [1.29, 1.82) is 0 Å². The van der Waals surface area contributed by atoms with Gasteiger partial charge in [-0.15, -0.1) is 0 Å². The zero-order valence-corrected chi connectivity index (χ0v) is 21.7. The second-order valence-electron chi connectivity index (χ2n) is 9.74. The largest absolute Gasteiger partial charge is 0.475 e. The van der Waals surface area contributed by atoms with E-state index in [9.17, 15) is 4.79 Å². The minimum absolute atomic E-state index is 0.000269. The molecule has 190 valence electrons. The molecule has 8 nitrogen and oxygen atoms in total. The molecular weight excluding hydrogens is 464 g/mol. The quantitative estimate of drug-likeness (QED) is 0.346. The lowest BCUT2D eigenvalue weighted by atomic mass is 10.0. The number of nitrogens with one attached hydrogen (secondary N) is 2. The Labute approximate surface area is 217 Å². The number of nitrogens with zero attached hydrogens (tertiary/aromatic N) is 4. The summed E-state index contributed by atoms with van der Waals surface area (Å²) in [5, 5.41) is 7.34. The van der Waals surface area contributed by atoms with Crippen LogP contribution in [-0.2, 0) is 4.79 Å². The van der Waals surface area contributed by atoms with Gasteiger partial charge in [-0.1, -0.05) is 24.3 Å². The number of aromatic nitrogens is 3. The molecule has 0 bridgehead atoms. The number of amides is 1. The average molecular weight is 497 g/mol. The highest BCUT2D eigenvalue weighted by molar-refractivity contribution is 5.96. The minimum atomic E-state index is -0.0861. The first-order chi connectivity index (χ1) is 17.9. The predicted molar refractivity (Wildman–Crippen MR) is 147 cm³/mol. The molecule has 37 heavy (non-hydrogen) atoms. The Morgan fingerprint density at radius 2 is 1.95 bits per heavy atom. The second-order valence-corrected chi connectivity index (χ2v) is 9.74. The highest BCUT2D eigenvalue weighted by atomic mass is 16.5. The normalized spacial score (nSPS) is 15.8. The van der Waals surface area contributed by atoms with E-state index in [-0.39, 0.29) is 18.1 Å². The number of benzene rings is 2. The Morgan fingerprint density at radius 3 is 2.73 bits per heavy atom. The van der Waals surface area contributed by atoms with Crippen LogP contribution in [0.3, 0.4) is 0 Å². The van der Waals surface area contributed by atoms with Gasteiger partial charge in [-0.3, -0.25) is 9.69 Å². The van der Waals surface area contributed by atoms with Crippen LogP contribution in [-0.4, -0.2) is 51.5 Å². The molecule has 1 atom stereocenters. The molecule has 0 aliphatic carbocycles. The Kier molecular flexibility index (Phi) is 7.01. The molecule has 1 fully saturated rings. The molecule has 2 N–H and O–H groups in total. The van der Waals surface area contributed by atoms with Gasteiger partial charge in [-0.05, 0) is 77.0 Å². The van der Waals surface area contributed by atoms with E-state index < -0.39 is 0 Å². The maximum atomic E-state index is 12.8. The number of hydrogen-bond donors (Lipinski definition) is 2. The molecule has 0 saturated carbocycles. The van der Waals surface area contributed by atoms with Gasteiger partial charge in [0.05, 0.1) is 17.7 Å². The van der Waals surface area contributed by atoms with Crippen molar-refractivity contribution in [2.24, 2.45) is 0 Å². The Balaban J connectivity index is 1.45. The summed E-state index contributed by atoms with van der Waals surface area (Å²) in [6, 6.07) is 15.6. The van der Waals surface area contributed by atoms with E-state index >= 15 is 0 Å². The van der Waals surface area contributed by atoms with E-state index in [0.717, 1.165) is 58.4 Å². The first-order valence-corrected chi connectivity index (χ1v) is 12.7. The van der Waals surface area contributed by atoms with E-state index in [0.29, 0.717) is 11.8 Å². The monoisotopic (exact) mass is 496 g/mol. The molecule has 0 radical (unpaired) electrons. The first-order valence-electron chi connectivity index (χ1n) is 12.7. The van der Waals surface area contributed by atoms with Crippen LogP contribution in [0.1, 0.15) is 32.3 Å². The van der Waals surface area contributed by atoms with Crippen LogP contribution in [0.5, 0.6) is 5.88 Å². The highest BCUT2D eigenvalue weighted by Gasteiger charge is 2.27. The fourth-order valence-corrected chi connectivity index (χ4v) is 4.67. The summed E-state index contributed by atoms with van der Waals surface area (Å²) in [6.07, 6.45) is 5.46. The van der Waals surface area contributed by atoms with Crippen LogP contribution in [0.2, 0.25) is 0 Å². The third-order valence-corrected chi connectivity index (χ3v) is 6.59. The fourth-order valence-electron chi connectivity index (χ4n) is 4.67. The molecule has 1 aliphatic heterocycles. The van der Waals surface area contributed by atoms with Gasteiger partial charge in [0, 0.05) is 40.3 Å². The molecule has 2 aromatic heterocycles. The summed E-state index contributed by atoms with van der Waals surface area (Å²) in [5.74, 6) is 1.07. The number of carbonyl (C=O) groups is 1. The van der Waals surface area contributed by atoms with Crippen LogP contribution in [0.15, 0.2) is 60.9 Å². The SMILES string of the molecule is Cc1ccc(NC(=O)[C@H]2CCCN2C)cc1Nc1ncc2cccc(-c3cccnc3OC(C)C)c2n1. The lowest BCUT2D eigenvalue weighted by Gasteiger charge is -2.19. The van der Waals surface area contributed by atoms with Crippen molar-refractivity contribution in [2.75, 3.05) is 24.2 Å². The smallest absolute Gasteiger partial charge is 0.241 e. The molecule has 5 rings (SSSR count). The van der Waals surface area contributed by atoms with E-state index in [1.807, 2.05) is 82.5 Å². The molecule has 8 heteroatoms. The van der Waals surface area contributed by atoms with Crippen molar-refractivity contribution < 1.29 is 9.53 Å². The topological polar surface area (TPSA) is 92.3 Å². The van der Waals surface area contributed by atoms with Gasteiger partial charge in [0.2, 0.25) is 17.7 Å². The number of rotatable bonds is 7. The van der Waals surface area contributed by atoms with E-state index in [1.165, 1.54) is 0 Å². The van der Waals surface area contributed by atoms with Gasteiger partial charge in [0.1, 0.15) is 0 Å². The zero-order chi connectivity index (χ0) is 25.9. The number of anilines is 3. The molecule has 1 aliphatic rings. The van der Waals surface area contributed by atoms with Crippen LogP contribution >= 0.6 is 0 Å². The van der Waals surface area contributed by atoms with Crippen molar-refractivity contribution in [3.8, 4) is 17.0 Å². The Morgan fingerprint density at radius 1 is 1.11 bits per heavy atom. The molecule has 1 saturated heterocycles. The maximum Gasteiger partial charge on any atom is 0.241 e. The van der Waals surface area contributed by atoms with E-state index in [4.69, 9.17) is 9.72 Å². The van der Waals surface area contributed by atoms with Crippen molar-refractivity contribution in [2.45, 2.75) is 45.8 Å². The lowest BCUT2D eigenvalue weighted by molar-refractivity contribution is -0.119. The Hall–Kier alpha value is -4.04. The molecule has 2 aromatic carbocycles. The van der Waals surface area contributed by atoms with Crippen molar-refractivity contribution in [1.82, 2.24) is 19.9 Å². The average Bonchev–Trinajstić information content (AvgIpc) is 3.32. The van der Waals surface area contributed by atoms with E-state index in [1.54, 1.807) is 6.20 Å². The molecule has 3 heterocycles. The number of likely N-dealkylation sites (tertiary alicyclic amines) is 1. The van der Waals surface area contributed by atoms with Gasteiger partial charge >= 0.3 is 0 Å². The number of ether oxygens (including phenoxy) is 1. The summed E-state index contributed by atoms with van der Waals surface area (Å²) in [4.78, 5) is 28.8. The van der Waals surface area contributed by atoms with Gasteiger partial charge < -0.3 is 15.4 Å². The number of hydrogen-bond acceptors (Lipinski definition) is 7. The number of carbonyl (C=O) groups excluding carboxylic acids is 1. The summed E-state index contributed by atoms with van der Waals surface area (Å²) in [6.45, 7) is 6.92. The maximum absolute atomic E-state index is 12.8. The Bertz CT molecular complexity index is 1440. The molecule has 1 amide bonds. The number of fused-ring (bicyclic) bond motifs is 1. The number of pyridine rings is 1. The number of aryl methyl sites for hydroxylation is 1. The predicted octanol–water partition coefficient (Wildman–Crippen LogP) is 5.56. The van der Waals surface area contributed by atoms with Crippen LogP contribution < -0.4 is 15.4 Å². The molecular formula is C29H32N6O2. The minimum Gasteiger partial charge on any atom is -0.475 e. The third-order valence-electron chi connectivity index (χ3n) is 6.59. The molecule has 0 spiro atoms. The second kappa shape index (κ2) is 10.5. The fraction of sp³-hybridized carbons (Fsp3) is 0.310. The van der Waals surface area contributed by atoms with Crippen molar-refractivity contribution >= 4 is 34.1 Å². The standard InChI is InChI=1S/C29H32N6O2/c1-18(2)37-28-23(10-6-14-30-28)22-9-5-8-20-17-31-29(34-26(20)22)33-24-16-21(13-12-19(24)3)32-27(36)25-11-7-15-35(25)4/h5-6,8-10,12-14,16-18,25H,7,11,15H2,1-4H3,(H,32,36)(H,31,33,34)/t25-/m1/s1. The van der Waals surface area contributed by atoms with Crippen molar-refractivity contribution in [3.05, 3.63) is 66.5 Å². The molecule has 0 unspecified atom stereocenters. The number of likely N-dealkylation sites (N-methyl/N-ethyl adjacent to an activating group) is 1. The van der Waals surface area contributed by atoms with Gasteiger partial charge in [0.15, 0.2) is 0 Å². The van der Waals surface area contributed by atoms with Gasteiger partial charge in [-0.2, -0.15) is 0 Å². The first kappa shape index (κ1) is 24.6. The third kappa shape index (κ3) is 5.39. The van der Waals surface area contributed by atoms with Crippen molar-refractivity contribution in [3.63, 3.8) is 0 Å². The zero-order valence-electron chi connectivity index (χ0n) is 21.7. The van der Waals surface area contributed by atoms with Gasteiger partial charge in [-0.25, -0.2) is 15.0 Å². The van der Waals surface area contributed by atoms with Crippen LogP contribution in [0.4, 0.5) is 17.3 Å². The van der Waals surface area contributed by atoms with E-state index in [2.05, 4.69) is 25.5 Å². The lowest BCUT2D eigenvalue weighted by Crippen LogP contribution is -2.37. The van der Waals surface area contributed by atoms with Crippen LogP contribution in [0, 0.1) is 6.92 Å². The highest BCUT2D eigenvalue weighted by Crippen LogP contribution is 2.34.